The van der Waals surface area contributed by atoms with E-state index in [1.165, 1.54) is 0 Å². The number of aromatic nitrogens is 3. The van der Waals surface area contributed by atoms with Crippen molar-refractivity contribution < 1.29 is 4.74 Å². The summed E-state index contributed by atoms with van der Waals surface area (Å²) in [7, 11) is 1.62. The Morgan fingerprint density at radius 1 is 1.28 bits per heavy atom. The first-order chi connectivity index (χ1) is 8.78. The molecule has 90 valence electrons. The molecule has 18 heavy (non-hydrogen) atoms. The zero-order valence-electron chi connectivity index (χ0n) is 9.75. The Labute approximate surface area is 103 Å². The average molecular weight is 241 g/mol. The van der Waals surface area contributed by atoms with Crippen LogP contribution in [0.2, 0.25) is 0 Å². The predicted octanol–water partition coefficient (Wildman–Crippen LogP) is 1.70. The van der Waals surface area contributed by atoms with Crippen molar-refractivity contribution in [1.82, 2.24) is 14.4 Å². The number of rotatable bonds is 2. The number of benzene rings is 1. The molecule has 0 unspecified atom stereocenters. The molecule has 0 saturated carbocycles. The van der Waals surface area contributed by atoms with Crippen molar-refractivity contribution in [2.45, 2.75) is 0 Å². The van der Waals surface area contributed by atoms with Gasteiger partial charge in [0.05, 0.1) is 12.8 Å². The molecule has 0 fully saturated rings. The topological polar surface area (TPSA) is 59.4 Å². The standard InChI is InChI=1S/C13H11N3O2/c1-18-10-4-2-9(3-5-10)11-8-16-7-6-14-12(16)13(17)15-11/h2-8H,1H3,(H,15,17). The van der Waals surface area contributed by atoms with Crippen LogP contribution in [-0.2, 0) is 0 Å². The molecule has 0 amide bonds. The maximum atomic E-state index is 11.8. The zero-order chi connectivity index (χ0) is 12.5. The van der Waals surface area contributed by atoms with E-state index in [0.717, 1.165) is 17.0 Å². The minimum absolute atomic E-state index is 0.201. The number of aromatic amines is 1. The van der Waals surface area contributed by atoms with E-state index in [2.05, 4.69) is 9.97 Å². The zero-order valence-corrected chi connectivity index (χ0v) is 9.75. The number of hydrogen-bond donors (Lipinski definition) is 1. The Morgan fingerprint density at radius 2 is 2.06 bits per heavy atom. The highest BCUT2D eigenvalue weighted by molar-refractivity contribution is 5.60. The van der Waals surface area contributed by atoms with E-state index >= 15 is 0 Å². The minimum atomic E-state index is -0.201. The Bertz CT molecular complexity index is 741. The second-order valence-electron chi connectivity index (χ2n) is 3.88. The third kappa shape index (κ3) is 1.66. The third-order valence-corrected chi connectivity index (χ3v) is 2.79. The smallest absolute Gasteiger partial charge is 0.292 e. The summed E-state index contributed by atoms with van der Waals surface area (Å²) in [5.74, 6) is 0.782. The van der Waals surface area contributed by atoms with Crippen LogP contribution in [0.4, 0.5) is 0 Å². The van der Waals surface area contributed by atoms with Crippen molar-refractivity contribution >= 4 is 5.65 Å². The Kier molecular flexibility index (Phi) is 2.37. The van der Waals surface area contributed by atoms with Gasteiger partial charge in [0.2, 0.25) is 5.65 Å². The fraction of sp³-hybridized carbons (Fsp3) is 0.0769. The van der Waals surface area contributed by atoms with Gasteiger partial charge in [0.1, 0.15) is 5.75 Å². The van der Waals surface area contributed by atoms with E-state index in [0.29, 0.717) is 5.65 Å². The van der Waals surface area contributed by atoms with Gasteiger partial charge in [0.25, 0.3) is 5.56 Å². The van der Waals surface area contributed by atoms with Gasteiger partial charge in [-0.25, -0.2) is 4.98 Å². The summed E-state index contributed by atoms with van der Waals surface area (Å²) in [4.78, 5) is 18.6. The number of H-pyrrole nitrogens is 1. The summed E-state index contributed by atoms with van der Waals surface area (Å²) in [5, 5.41) is 0. The van der Waals surface area contributed by atoms with Crippen LogP contribution in [-0.4, -0.2) is 21.5 Å². The first-order valence-corrected chi connectivity index (χ1v) is 5.48. The summed E-state index contributed by atoms with van der Waals surface area (Å²) in [6, 6.07) is 7.50. The molecular weight excluding hydrogens is 230 g/mol. The van der Waals surface area contributed by atoms with Crippen molar-refractivity contribution in [3.05, 3.63) is 53.2 Å². The van der Waals surface area contributed by atoms with Crippen LogP contribution in [0.3, 0.4) is 0 Å². The molecular formula is C13H11N3O2. The molecule has 0 spiro atoms. The number of ether oxygens (including phenoxy) is 1. The molecule has 0 aliphatic carbocycles. The summed E-state index contributed by atoms with van der Waals surface area (Å²) in [5.41, 5.74) is 1.86. The highest BCUT2D eigenvalue weighted by Gasteiger charge is 2.04. The molecule has 0 atom stereocenters. The number of nitrogens with zero attached hydrogens (tertiary/aromatic N) is 2. The van der Waals surface area contributed by atoms with Gasteiger partial charge >= 0.3 is 0 Å². The van der Waals surface area contributed by atoms with Crippen molar-refractivity contribution in [3.8, 4) is 17.0 Å². The van der Waals surface area contributed by atoms with Crippen molar-refractivity contribution in [1.29, 1.82) is 0 Å². The van der Waals surface area contributed by atoms with Gasteiger partial charge in [0, 0.05) is 18.6 Å². The lowest BCUT2D eigenvalue weighted by Crippen LogP contribution is -2.10. The molecule has 3 aromatic rings. The maximum Gasteiger partial charge on any atom is 0.292 e. The van der Waals surface area contributed by atoms with E-state index in [1.807, 2.05) is 30.5 Å². The number of methoxy groups -OCH3 is 1. The van der Waals surface area contributed by atoms with Crippen LogP contribution < -0.4 is 10.3 Å². The van der Waals surface area contributed by atoms with Crippen LogP contribution in [0, 0.1) is 0 Å². The molecule has 0 aliphatic rings. The Balaban J connectivity index is 2.15. The second-order valence-corrected chi connectivity index (χ2v) is 3.88. The maximum absolute atomic E-state index is 11.8. The fourth-order valence-corrected chi connectivity index (χ4v) is 1.86. The summed E-state index contributed by atoms with van der Waals surface area (Å²) in [6.45, 7) is 0. The highest BCUT2D eigenvalue weighted by atomic mass is 16.5. The van der Waals surface area contributed by atoms with Crippen LogP contribution in [0.1, 0.15) is 0 Å². The Hall–Kier alpha value is -2.56. The second kappa shape index (κ2) is 4.03. The van der Waals surface area contributed by atoms with Gasteiger partial charge in [-0.15, -0.1) is 0 Å². The van der Waals surface area contributed by atoms with Crippen molar-refractivity contribution in [3.63, 3.8) is 0 Å². The predicted molar refractivity (Wildman–Crippen MR) is 67.8 cm³/mol. The molecule has 0 aliphatic heterocycles. The largest absolute Gasteiger partial charge is 0.497 e. The van der Waals surface area contributed by atoms with E-state index in [-0.39, 0.29) is 5.56 Å². The molecule has 2 aromatic heterocycles. The molecule has 2 heterocycles. The van der Waals surface area contributed by atoms with Crippen LogP contribution in [0.15, 0.2) is 47.7 Å². The normalized spacial score (nSPS) is 10.7. The quantitative estimate of drug-likeness (QED) is 0.742. The summed E-state index contributed by atoms with van der Waals surface area (Å²) in [6.07, 6.45) is 5.19. The van der Waals surface area contributed by atoms with E-state index in [1.54, 1.807) is 23.9 Å². The van der Waals surface area contributed by atoms with Gasteiger partial charge in [-0.1, -0.05) is 0 Å². The Morgan fingerprint density at radius 3 is 2.78 bits per heavy atom. The van der Waals surface area contributed by atoms with Crippen molar-refractivity contribution in [2.24, 2.45) is 0 Å². The van der Waals surface area contributed by atoms with Gasteiger partial charge in [0.15, 0.2) is 0 Å². The van der Waals surface area contributed by atoms with Crippen molar-refractivity contribution in [2.75, 3.05) is 7.11 Å². The first-order valence-electron chi connectivity index (χ1n) is 5.48. The number of nitrogens with one attached hydrogen (secondary N) is 1. The number of fused-ring (bicyclic) bond motifs is 1. The lowest BCUT2D eigenvalue weighted by molar-refractivity contribution is 0.415. The van der Waals surface area contributed by atoms with Gasteiger partial charge in [-0.05, 0) is 29.8 Å². The SMILES string of the molecule is COc1ccc(-c2cn3ccnc3c(=O)[nH]2)cc1. The van der Waals surface area contributed by atoms with Gasteiger partial charge < -0.3 is 14.1 Å². The number of imidazole rings is 1. The average Bonchev–Trinajstić information content (AvgIpc) is 2.88. The molecule has 5 heteroatoms. The molecule has 3 rings (SSSR count). The minimum Gasteiger partial charge on any atom is -0.497 e. The molecule has 5 nitrogen and oxygen atoms in total. The number of hydrogen-bond acceptors (Lipinski definition) is 3. The third-order valence-electron chi connectivity index (χ3n) is 2.79. The van der Waals surface area contributed by atoms with Gasteiger partial charge in [-0.3, -0.25) is 4.79 Å². The van der Waals surface area contributed by atoms with Gasteiger partial charge in [-0.2, -0.15) is 0 Å². The molecule has 1 N–H and O–H groups in total. The summed E-state index contributed by atoms with van der Waals surface area (Å²) >= 11 is 0. The lowest BCUT2D eigenvalue weighted by atomic mass is 10.1. The highest BCUT2D eigenvalue weighted by Crippen LogP contribution is 2.19. The molecule has 0 saturated heterocycles. The van der Waals surface area contributed by atoms with Crippen LogP contribution >= 0.6 is 0 Å². The summed E-state index contributed by atoms with van der Waals surface area (Å²) < 4.78 is 6.81. The molecule has 1 aromatic carbocycles. The first kappa shape index (κ1) is 10.6. The lowest BCUT2D eigenvalue weighted by Gasteiger charge is -2.04. The molecule has 0 bridgehead atoms. The van der Waals surface area contributed by atoms with Crippen LogP contribution in [0.25, 0.3) is 16.9 Å². The van der Waals surface area contributed by atoms with E-state index in [9.17, 15) is 4.79 Å². The van der Waals surface area contributed by atoms with E-state index in [4.69, 9.17) is 4.74 Å². The van der Waals surface area contributed by atoms with E-state index < -0.39 is 0 Å². The fourth-order valence-electron chi connectivity index (χ4n) is 1.86. The molecule has 0 radical (unpaired) electrons. The van der Waals surface area contributed by atoms with Crippen LogP contribution in [0.5, 0.6) is 5.75 Å². The monoisotopic (exact) mass is 241 g/mol.